The highest BCUT2D eigenvalue weighted by molar-refractivity contribution is 6.13. The molecule has 5 rings (SSSR count). The van der Waals surface area contributed by atoms with Crippen LogP contribution in [0.1, 0.15) is 50.2 Å². The van der Waals surface area contributed by atoms with Crippen molar-refractivity contribution in [2.45, 2.75) is 39.0 Å². The molecule has 0 radical (unpaired) electrons. The van der Waals surface area contributed by atoms with Gasteiger partial charge in [0.25, 0.3) is 0 Å². The first-order chi connectivity index (χ1) is 20.9. The van der Waals surface area contributed by atoms with Crippen molar-refractivity contribution >= 4 is 17.7 Å². The minimum absolute atomic E-state index is 0.126. The maximum absolute atomic E-state index is 14.6. The fourth-order valence-corrected chi connectivity index (χ4v) is 6.00. The maximum atomic E-state index is 14.6. The molecule has 0 bridgehead atoms. The van der Waals surface area contributed by atoms with Gasteiger partial charge in [-0.3, -0.25) is 9.59 Å². The van der Waals surface area contributed by atoms with Crippen molar-refractivity contribution in [2.75, 3.05) is 20.3 Å². The second-order valence-corrected chi connectivity index (χ2v) is 10.3. The molecule has 3 aromatic carbocycles. The van der Waals surface area contributed by atoms with Gasteiger partial charge in [-0.05, 0) is 68.7 Å². The average molecular weight is 582 g/mol. The third kappa shape index (κ3) is 5.91. The smallest absolute Gasteiger partial charge is 0.336 e. The van der Waals surface area contributed by atoms with Crippen molar-refractivity contribution in [3.63, 3.8) is 0 Å². The molecule has 8 nitrogen and oxygen atoms in total. The fourth-order valence-electron chi connectivity index (χ4n) is 6.00. The van der Waals surface area contributed by atoms with Crippen molar-refractivity contribution in [1.82, 2.24) is 5.32 Å². The molecule has 1 aliphatic heterocycles. The summed E-state index contributed by atoms with van der Waals surface area (Å²) in [6, 6.07) is 24.0. The van der Waals surface area contributed by atoms with Gasteiger partial charge in [0.05, 0.1) is 25.9 Å². The Hall–Kier alpha value is -4.85. The van der Waals surface area contributed by atoms with Gasteiger partial charge >= 0.3 is 11.9 Å². The lowest BCUT2D eigenvalue weighted by Gasteiger charge is -2.39. The molecule has 0 aromatic heterocycles. The second kappa shape index (κ2) is 13.0. The van der Waals surface area contributed by atoms with Crippen LogP contribution < -0.4 is 14.8 Å². The third-order valence-corrected chi connectivity index (χ3v) is 7.76. The SMILES string of the molecule is CCOC(=O)C1=C(C)NC2=C(C(=O)[C@@H](C(=O)OCC)[C@H](c3ccccc3OC)C2)[C@@H]1c1cccc(Oc2ccccc2)c1. The van der Waals surface area contributed by atoms with Gasteiger partial charge in [-0.25, -0.2) is 4.79 Å². The average Bonchev–Trinajstić information content (AvgIpc) is 3.01. The minimum atomic E-state index is -1.13. The lowest BCUT2D eigenvalue weighted by Crippen LogP contribution is -2.43. The number of para-hydroxylation sites is 2. The first-order valence-corrected chi connectivity index (χ1v) is 14.4. The highest BCUT2D eigenvalue weighted by atomic mass is 16.5. The van der Waals surface area contributed by atoms with Crippen molar-refractivity contribution < 1.29 is 33.3 Å². The Kier molecular flexibility index (Phi) is 8.95. The van der Waals surface area contributed by atoms with Crippen molar-refractivity contribution in [2.24, 2.45) is 5.92 Å². The summed E-state index contributed by atoms with van der Waals surface area (Å²) in [6.45, 7) is 5.54. The van der Waals surface area contributed by atoms with Gasteiger partial charge in [0.1, 0.15) is 23.2 Å². The highest BCUT2D eigenvalue weighted by Gasteiger charge is 2.49. The molecule has 3 atom stereocenters. The quantitative estimate of drug-likeness (QED) is 0.236. The Balaban J connectivity index is 1.66. The molecule has 0 amide bonds. The summed E-state index contributed by atoms with van der Waals surface area (Å²) in [4.78, 5) is 41.5. The number of Topliss-reactive ketones (excluding diaryl/α,β-unsaturated/α-hetero) is 1. The number of rotatable bonds is 9. The van der Waals surface area contributed by atoms with E-state index in [1.165, 1.54) is 0 Å². The van der Waals surface area contributed by atoms with Gasteiger partial charge in [0, 0.05) is 28.8 Å². The molecule has 2 aliphatic rings. The number of ketones is 1. The minimum Gasteiger partial charge on any atom is -0.496 e. The lowest BCUT2D eigenvalue weighted by molar-refractivity contribution is -0.152. The molecule has 0 fully saturated rings. The van der Waals surface area contributed by atoms with E-state index in [-0.39, 0.29) is 13.2 Å². The van der Waals surface area contributed by atoms with Crippen molar-refractivity contribution in [3.8, 4) is 17.2 Å². The standard InChI is InChI=1S/C35H35NO7/c1-5-41-34(38)29-21(3)36-27-20-26(25-17-10-11-18-28(25)40-4)31(35(39)42-6-2)33(37)32(27)30(29)22-13-12-16-24(19-22)43-23-14-8-7-9-15-23/h7-19,26,30-31,36H,5-6,20H2,1-4H3/t26-,30+,31-/m0/s1. The van der Waals surface area contributed by atoms with Crippen LogP contribution in [0.5, 0.6) is 17.2 Å². The van der Waals surface area contributed by atoms with E-state index in [1.807, 2.05) is 78.9 Å². The summed E-state index contributed by atoms with van der Waals surface area (Å²) in [7, 11) is 1.56. The summed E-state index contributed by atoms with van der Waals surface area (Å²) >= 11 is 0. The molecule has 222 valence electrons. The normalized spacial score (nSPS) is 19.7. The Morgan fingerprint density at radius 2 is 1.58 bits per heavy atom. The molecule has 1 aliphatic carbocycles. The van der Waals surface area contributed by atoms with Crippen LogP contribution in [0.3, 0.4) is 0 Å². The van der Waals surface area contributed by atoms with E-state index in [2.05, 4.69) is 5.32 Å². The zero-order chi connectivity index (χ0) is 30.5. The predicted molar refractivity (Wildman–Crippen MR) is 161 cm³/mol. The van der Waals surface area contributed by atoms with Crippen LogP contribution in [-0.2, 0) is 23.9 Å². The van der Waals surface area contributed by atoms with E-state index < -0.39 is 35.5 Å². The molecule has 3 aromatic rings. The number of hydrogen-bond acceptors (Lipinski definition) is 8. The fraction of sp³-hybridized carbons (Fsp3) is 0.286. The van der Waals surface area contributed by atoms with E-state index >= 15 is 0 Å². The Morgan fingerprint density at radius 3 is 2.30 bits per heavy atom. The number of methoxy groups -OCH3 is 1. The number of ether oxygens (including phenoxy) is 4. The molecule has 0 spiro atoms. The molecule has 8 heteroatoms. The van der Waals surface area contributed by atoms with Crippen LogP contribution in [0.4, 0.5) is 0 Å². The van der Waals surface area contributed by atoms with Crippen LogP contribution >= 0.6 is 0 Å². The van der Waals surface area contributed by atoms with Gasteiger partial charge < -0.3 is 24.3 Å². The topological polar surface area (TPSA) is 100 Å². The monoisotopic (exact) mass is 581 g/mol. The molecule has 0 saturated carbocycles. The van der Waals surface area contributed by atoms with Crippen molar-refractivity contribution in [3.05, 3.63) is 113 Å². The lowest BCUT2D eigenvalue weighted by atomic mass is 9.67. The number of benzene rings is 3. The molecule has 1 heterocycles. The van der Waals surface area contributed by atoms with E-state index in [4.69, 9.17) is 18.9 Å². The Bertz CT molecular complexity index is 1590. The zero-order valence-corrected chi connectivity index (χ0v) is 24.7. The van der Waals surface area contributed by atoms with E-state index in [9.17, 15) is 14.4 Å². The number of allylic oxidation sites excluding steroid dienone is 3. The van der Waals surface area contributed by atoms with Gasteiger partial charge in [-0.2, -0.15) is 0 Å². The zero-order valence-electron chi connectivity index (χ0n) is 24.7. The van der Waals surface area contributed by atoms with Gasteiger partial charge in [0.15, 0.2) is 5.78 Å². The molecule has 43 heavy (non-hydrogen) atoms. The number of esters is 2. The molecular formula is C35H35NO7. The number of hydrogen-bond donors (Lipinski definition) is 1. The first kappa shape index (κ1) is 29.6. The third-order valence-electron chi connectivity index (χ3n) is 7.76. The van der Waals surface area contributed by atoms with Crippen LogP contribution in [-0.4, -0.2) is 38.0 Å². The Morgan fingerprint density at radius 1 is 0.884 bits per heavy atom. The van der Waals surface area contributed by atoms with E-state index in [1.54, 1.807) is 27.9 Å². The Labute approximate surface area is 251 Å². The van der Waals surface area contributed by atoms with Gasteiger partial charge in [-0.15, -0.1) is 0 Å². The highest BCUT2D eigenvalue weighted by Crippen LogP contribution is 2.49. The summed E-state index contributed by atoms with van der Waals surface area (Å²) in [5.74, 6) is -2.25. The van der Waals surface area contributed by atoms with Gasteiger partial charge in [-0.1, -0.05) is 48.5 Å². The van der Waals surface area contributed by atoms with Crippen LogP contribution in [0.25, 0.3) is 0 Å². The second-order valence-electron chi connectivity index (χ2n) is 10.3. The molecule has 0 saturated heterocycles. The summed E-state index contributed by atoms with van der Waals surface area (Å²) < 4.78 is 22.6. The summed E-state index contributed by atoms with van der Waals surface area (Å²) in [5, 5.41) is 3.33. The number of carbonyl (C=O) groups excluding carboxylic acids is 3. The molecule has 1 N–H and O–H groups in total. The van der Waals surface area contributed by atoms with Gasteiger partial charge in [0.2, 0.25) is 0 Å². The largest absolute Gasteiger partial charge is 0.496 e. The first-order valence-electron chi connectivity index (χ1n) is 14.4. The van der Waals surface area contributed by atoms with Crippen LogP contribution in [0, 0.1) is 5.92 Å². The van der Waals surface area contributed by atoms with Crippen molar-refractivity contribution in [1.29, 1.82) is 0 Å². The summed E-state index contributed by atoms with van der Waals surface area (Å²) in [5.41, 5.74) is 3.27. The predicted octanol–water partition coefficient (Wildman–Crippen LogP) is 6.20. The maximum Gasteiger partial charge on any atom is 0.336 e. The number of dihydropyridines is 1. The molecular weight excluding hydrogens is 546 g/mol. The molecule has 0 unspecified atom stereocenters. The number of carbonyl (C=O) groups is 3. The van der Waals surface area contributed by atoms with E-state index in [0.717, 1.165) is 5.56 Å². The van der Waals surface area contributed by atoms with E-state index in [0.29, 0.717) is 51.8 Å². The van der Waals surface area contributed by atoms with Crippen LogP contribution in [0.2, 0.25) is 0 Å². The number of nitrogens with one attached hydrogen (secondary N) is 1. The summed E-state index contributed by atoms with van der Waals surface area (Å²) in [6.07, 6.45) is 0.328. The van der Waals surface area contributed by atoms with Crippen LogP contribution in [0.15, 0.2) is 101 Å².